The van der Waals surface area contributed by atoms with E-state index in [1.807, 2.05) is 0 Å². The van der Waals surface area contributed by atoms with Gasteiger partial charge in [-0.1, -0.05) is 18.2 Å². The second-order valence-electron chi connectivity index (χ2n) is 9.06. The summed E-state index contributed by atoms with van der Waals surface area (Å²) in [5.74, 6) is 0.368. The molecule has 4 rings (SSSR count). The molecule has 1 aromatic carbocycles. The lowest BCUT2D eigenvalue weighted by Gasteiger charge is -2.52. The molecule has 2 saturated heterocycles. The van der Waals surface area contributed by atoms with E-state index in [0.717, 1.165) is 45.0 Å². The molecule has 2 fully saturated rings. The van der Waals surface area contributed by atoms with E-state index in [0.29, 0.717) is 24.9 Å². The maximum Gasteiger partial charge on any atom is 0.214 e. The van der Waals surface area contributed by atoms with Gasteiger partial charge in [-0.3, -0.25) is 4.90 Å². The van der Waals surface area contributed by atoms with Crippen molar-refractivity contribution in [3.63, 3.8) is 0 Å². The number of rotatable bonds is 6. The first-order valence-electron chi connectivity index (χ1n) is 10.9. The van der Waals surface area contributed by atoms with Crippen LogP contribution in [0.25, 0.3) is 0 Å². The zero-order valence-corrected chi connectivity index (χ0v) is 19.5. The number of sulfonamides is 2. The second-order valence-corrected chi connectivity index (χ2v) is 12.9. The van der Waals surface area contributed by atoms with Crippen LogP contribution in [0.3, 0.4) is 0 Å². The fourth-order valence-electron chi connectivity index (χ4n) is 5.65. The SMILES string of the molecule is Cc1cccc2c1[C@@H]1C[C@@H]3[C@@H](CCCN3S(=O)(=O)CCCNS(C)(=O)=O)CN1CC2. The van der Waals surface area contributed by atoms with Crippen LogP contribution in [0, 0.1) is 12.8 Å². The molecule has 3 heterocycles. The van der Waals surface area contributed by atoms with Crippen LogP contribution in [-0.4, -0.2) is 70.3 Å². The summed E-state index contributed by atoms with van der Waals surface area (Å²) >= 11 is 0. The number of aryl methyl sites for hydroxylation is 1. The van der Waals surface area contributed by atoms with Crippen LogP contribution >= 0.6 is 0 Å². The van der Waals surface area contributed by atoms with Crippen molar-refractivity contribution in [2.24, 2.45) is 5.92 Å². The van der Waals surface area contributed by atoms with Crippen molar-refractivity contribution in [2.45, 2.75) is 51.1 Å². The quantitative estimate of drug-likeness (QED) is 0.659. The van der Waals surface area contributed by atoms with Crippen LogP contribution in [0.1, 0.15) is 48.4 Å². The fourth-order valence-corrected chi connectivity index (χ4v) is 7.99. The number of hydrogen-bond donors (Lipinski definition) is 1. The lowest BCUT2D eigenvalue weighted by Crippen LogP contribution is -2.57. The Labute approximate surface area is 180 Å². The van der Waals surface area contributed by atoms with Crippen LogP contribution < -0.4 is 4.72 Å². The molecule has 3 aliphatic heterocycles. The minimum absolute atomic E-state index is 0.0112. The molecule has 0 aliphatic carbocycles. The zero-order valence-electron chi connectivity index (χ0n) is 17.9. The number of nitrogens with zero attached hydrogens (tertiary/aromatic N) is 2. The molecule has 0 saturated carbocycles. The first-order chi connectivity index (χ1) is 14.2. The number of nitrogens with one attached hydrogen (secondary N) is 1. The highest BCUT2D eigenvalue weighted by molar-refractivity contribution is 7.89. The molecule has 0 unspecified atom stereocenters. The van der Waals surface area contributed by atoms with Gasteiger partial charge in [-0.15, -0.1) is 0 Å². The Morgan fingerprint density at radius 3 is 2.73 bits per heavy atom. The van der Waals surface area contributed by atoms with E-state index >= 15 is 0 Å². The lowest BCUT2D eigenvalue weighted by molar-refractivity contribution is 0.0217. The van der Waals surface area contributed by atoms with Crippen molar-refractivity contribution in [1.29, 1.82) is 0 Å². The van der Waals surface area contributed by atoms with Gasteiger partial charge in [-0.25, -0.2) is 21.6 Å². The molecule has 30 heavy (non-hydrogen) atoms. The number of benzene rings is 1. The molecule has 1 N–H and O–H groups in total. The highest BCUT2D eigenvalue weighted by Gasteiger charge is 2.45. The minimum Gasteiger partial charge on any atom is -0.296 e. The van der Waals surface area contributed by atoms with E-state index in [1.54, 1.807) is 4.31 Å². The molecule has 9 heteroatoms. The fraction of sp³-hybridized carbons (Fsp3) is 0.714. The molecule has 0 spiro atoms. The molecule has 7 nitrogen and oxygen atoms in total. The van der Waals surface area contributed by atoms with E-state index in [4.69, 9.17) is 0 Å². The number of hydrogen-bond acceptors (Lipinski definition) is 5. The molecule has 3 aliphatic rings. The third-order valence-electron chi connectivity index (χ3n) is 6.96. The van der Waals surface area contributed by atoms with Crippen molar-refractivity contribution in [2.75, 3.05) is 38.2 Å². The van der Waals surface area contributed by atoms with Crippen molar-refractivity contribution >= 4 is 20.0 Å². The molecule has 0 bridgehead atoms. The van der Waals surface area contributed by atoms with Gasteiger partial charge in [0.25, 0.3) is 0 Å². The summed E-state index contributed by atoms with van der Waals surface area (Å²) in [4.78, 5) is 2.57. The maximum atomic E-state index is 13.2. The topological polar surface area (TPSA) is 86.8 Å². The molecule has 0 amide bonds. The summed E-state index contributed by atoms with van der Waals surface area (Å²) in [5, 5.41) is 0. The highest BCUT2D eigenvalue weighted by Crippen LogP contribution is 2.44. The van der Waals surface area contributed by atoms with Crippen molar-refractivity contribution in [3.05, 3.63) is 34.9 Å². The maximum absolute atomic E-state index is 13.2. The third-order valence-corrected chi connectivity index (χ3v) is 9.66. The van der Waals surface area contributed by atoms with Gasteiger partial charge in [0, 0.05) is 38.3 Å². The van der Waals surface area contributed by atoms with E-state index in [9.17, 15) is 16.8 Å². The monoisotopic (exact) mass is 455 g/mol. The van der Waals surface area contributed by atoms with E-state index in [1.165, 1.54) is 16.7 Å². The number of piperidine rings is 2. The summed E-state index contributed by atoms with van der Waals surface area (Å²) in [7, 11) is -6.71. The average molecular weight is 456 g/mol. The predicted molar refractivity (Wildman–Crippen MR) is 118 cm³/mol. The van der Waals surface area contributed by atoms with Crippen LogP contribution in [0.15, 0.2) is 18.2 Å². The van der Waals surface area contributed by atoms with Crippen LogP contribution in [0.2, 0.25) is 0 Å². The van der Waals surface area contributed by atoms with Crippen LogP contribution in [-0.2, 0) is 26.5 Å². The van der Waals surface area contributed by atoms with E-state index in [-0.39, 0.29) is 18.3 Å². The average Bonchev–Trinajstić information content (AvgIpc) is 2.68. The van der Waals surface area contributed by atoms with Crippen LogP contribution in [0.4, 0.5) is 0 Å². The lowest BCUT2D eigenvalue weighted by atomic mass is 9.76. The van der Waals surface area contributed by atoms with Crippen molar-refractivity contribution in [3.8, 4) is 0 Å². The predicted octanol–water partition coefficient (Wildman–Crippen LogP) is 1.65. The molecule has 0 aromatic heterocycles. The summed E-state index contributed by atoms with van der Waals surface area (Å²) in [6.07, 6.45) is 5.28. The first-order valence-corrected chi connectivity index (χ1v) is 14.4. The standard InChI is InChI=1S/C21H33N3O4S2/c1-16-6-3-7-17-9-12-23-15-18-8-4-11-24(19(18)14-20(23)21(16)17)30(27,28)13-5-10-22-29(2,25)26/h3,6-7,18-20,22H,4-5,8-15H2,1-2H3/t18-,19+,20-/m0/s1. The Kier molecular flexibility index (Phi) is 6.29. The van der Waals surface area contributed by atoms with Gasteiger partial charge in [-0.05, 0) is 61.6 Å². The van der Waals surface area contributed by atoms with Gasteiger partial charge in [0.05, 0.1) is 12.0 Å². The Morgan fingerprint density at radius 2 is 1.97 bits per heavy atom. The molecule has 168 valence electrons. The Balaban J connectivity index is 1.51. The summed E-state index contributed by atoms with van der Waals surface area (Å²) in [5.41, 5.74) is 4.12. The van der Waals surface area contributed by atoms with Gasteiger partial charge in [0.2, 0.25) is 20.0 Å². The number of fused-ring (bicyclic) bond motifs is 4. The van der Waals surface area contributed by atoms with Gasteiger partial charge >= 0.3 is 0 Å². The summed E-state index contributed by atoms with van der Waals surface area (Å²) in [6.45, 7) is 4.91. The largest absolute Gasteiger partial charge is 0.296 e. The molecule has 3 atom stereocenters. The smallest absolute Gasteiger partial charge is 0.214 e. The zero-order chi connectivity index (χ0) is 21.5. The summed E-state index contributed by atoms with van der Waals surface area (Å²) < 4.78 is 53.0. The molecular weight excluding hydrogens is 422 g/mol. The van der Waals surface area contributed by atoms with Crippen molar-refractivity contribution < 1.29 is 16.8 Å². The molecule has 1 aromatic rings. The third kappa shape index (κ3) is 4.60. The van der Waals surface area contributed by atoms with Gasteiger partial charge in [0.1, 0.15) is 0 Å². The Bertz CT molecular complexity index is 994. The van der Waals surface area contributed by atoms with Crippen LogP contribution in [0.5, 0.6) is 0 Å². The summed E-state index contributed by atoms with van der Waals surface area (Å²) in [6, 6.07) is 6.84. The normalized spacial score (nSPS) is 27.9. The Morgan fingerprint density at radius 1 is 1.17 bits per heavy atom. The van der Waals surface area contributed by atoms with Gasteiger partial charge in [0.15, 0.2) is 0 Å². The van der Waals surface area contributed by atoms with Crippen molar-refractivity contribution in [1.82, 2.24) is 13.9 Å². The Hall–Kier alpha value is -1.00. The molecule has 0 radical (unpaired) electrons. The highest BCUT2D eigenvalue weighted by atomic mass is 32.2. The van der Waals surface area contributed by atoms with Gasteiger partial charge < -0.3 is 0 Å². The van der Waals surface area contributed by atoms with E-state index < -0.39 is 20.0 Å². The first kappa shape index (κ1) is 22.2. The van der Waals surface area contributed by atoms with Gasteiger partial charge in [-0.2, -0.15) is 4.31 Å². The second kappa shape index (κ2) is 8.50. The molecular formula is C21H33N3O4S2. The minimum atomic E-state index is -3.42. The van der Waals surface area contributed by atoms with E-state index in [2.05, 4.69) is 34.7 Å².